The largest absolute Gasteiger partial charge is 0.380 e. The summed E-state index contributed by atoms with van der Waals surface area (Å²) < 4.78 is 6.79. The lowest BCUT2D eigenvalue weighted by Crippen LogP contribution is -2.23. The Morgan fingerprint density at radius 3 is 3.08 bits per heavy atom. The molecule has 0 amide bonds. The van der Waals surface area contributed by atoms with Crippen molar-refractivity contribution in [3.8, 4) is 0 Å². The summed E-state index contributed by atoms with van der Waals surface area (Å²) in [5.74, 6) is 0. The first-order valence-corrected chi connectivity index (χ1v) is 4.44. The predicted molar refractivity (Wildman–Crippen MR) is 49.6 cm³/mol. The third-order valence-corrected chi connectivity index (χ3v) is 1.61. The van der Waals surface area contributed by atoms with Crippen LogP contribution >= 0.6 is 0 Å². The molecule has 1 rings (SSSR count). The SMILES string of the molecule is CCCOCCn1cccnc1=O. The zero-order valence-electron chi connectivity index (χ0n) is 7.77. The van der Waals surface area contributed by atoms with Crippen molar-refractivity contribution >= 4 is 0 Å². The van der Waals surface area contributed by atoms with E-state index in [9.17, 15) is 4.79 Å². The molecule has 0 aliphatic heterocycles. The molecule has 0 saturated carbocycles. The lowest BCUT2D eigenvalue weighted by atomic mass is 10.5. The third-order valence-electron chi connectivity index (χ3n) is 1.61. The number of nitrogens with zero attached hydrogens (tertiary/aromatic N) is 2. The first kappa shape index (κ1) is 9.92. The van der Waals surface area contributed by atoms with Gasteiger partial charge < -0.3 is 4.74 Å². The van der Waals surface area contributed by atoms with E-state index >= 15 is 0 Å². The summed E-state index contributed by atoms with van der Waals surface area (Å²) in [5.41, 5.74) is -0.220. The van der Waals surface area contributed by atoms with Gasteiger partial charge in [-0.1, -0.05) is 6.92 Å². The van der Waals surface area contributed by atoms with Crippen LogP contribution < -0.4 is 5.69 Å². The van der Waals surface area contributed by atoms with Crippen molar-refractivity contribution in [2.75, 3.05) is 13.2 Å². The molecule has 0 unspecified atom stereocenters. The zero-order valence-corrected chi connectivity index (χ0v) is 7.77. The fraction of sp³-hybridized carbons (Fsp3) is 0.556. The first-order valence-electron chi connectivity index (χ1n) is 4.44. The van der Waals surface area contributed by atoms with Crippen molar-refractivity contribution < 1.29 is 4.74 Å². The summed E-state index contributed by atoms with van der Waals surface area (Å²) in [4.78, 5) is 14.7. The van der Waals surface area contributed by atoms with Crippen LogP contribution in [0.4, 0.5) is 0 Å². The number of hydrogen-bond donors (Lipinski definition) is 0. The molecule has 0 radical (unpaired) electrons. The molecule has 0 aliphatic rings. The van der Waals surface area contributed by atoms with Gasteiger partial charge in [0.15, 0.2) is 0 Å². The number of rotatable bonds is 5. The van der Waals surface area contributed by atoms with E-state index in [1.807, 2.05) is 0 Å². The Morgan fingerprint density at radius 2 is 2.38 bits per heavy atom. The van der Waals surface area contributed by atoms with Crippen molar-refractivity contribution in [1.29, 1.82) is 0 Å². The first-order chi connectivity index (χ1) is 6.34. The van der Waals surface area contributed by atoms with Gasteiger partial charge >= 0.3 is 5.69 Å². The Balaban J connectivity index is 2.37. The average molecular weight is 182 g/mol. The van der Waals surface area contributed by atoms with Crippen molar-refractivity contribution in [2.24, 2.45) is 0 Å². The van der Waals surface area contributed by atoms with Crippen molar-refractivity contribution in [3.63, 3.8) is 0 Å². The highest BCUT2D eigenvalue weighted by Gasteiger charge is 1.93. The van der Waals surface area contributed by atoms with Gasteiger partial charge in [0.1, 0.15) is 0 Å². The Hall–Kier alpha value is -1.16. The van der Waals surface area contributed by atoms with Crippen LogP contribution in [0.25, 0.3) is 0 Å². The van der Waals surface area contributed by atoms with Crippen molar-refractivity contribution in [1.82, 2.24) is 9.55 Å². The van der Waals surface area contributed by atoms with Gasteiger partial charge in [0.05, 0.1) is 13.2 Å². The molecule has 0 atom stereocenters. The Bertz CT molecular complexity index is 296. The van der Waals surface area contributed by atoms with E-state index in [1.54, 1.807) is 12.3 Å². The minimum Gasteiger partial charge on any atom is -0.380 e. The van der Waals surface area contributed by atoms with Crippen LogP contribution in [0.2, 0.25) is 0 Å². The molecule has 0 N–H and O–H groups in total. The summed E-state index contributed by atoms with van der Waals surface area (Å²) in [6.07, 6.45) is 4.21. The molecule has 1 aromatic rings. The number of ether oxygens (including phenoxy) is 1. The smallest absolute Gasteiger partial charge is 0.347 e. The maximum absolute atomic E-state index is 11.1. The van der Waals surface area contributed by atoms with E-state index < -0.39 is 0 Å². The van der Waals surface area contributed by atoms with Gasteiger partial charge in [-0.15, -0.1) is 0 Å². The van der Waals surface area contributed by atoms with Gasteiger partial charge in [-0.3, -0.25) is 4.57 Å². The maximum Gasteiger partial charge on any atom is 0.347 e. The van der Waals surface area contributed by atoms with Gasteiger partial charge in [-0.05, 0) is 12.5 Å². The molecular formula is C9H14N2O2. The van der Waals surface area contributed by atoms with Crippen molar-refractivity contribution in [3.05, 3.63) is 28.9 Å². The fourth-order valence-electron chi connectivity index (χ4n) is 0.967. The predicted octanol–water partition coefficient (Wildman–Crippen LogP) is 0.670. The monoisotopic (exact) mass is 182 g/mol. The van der Waals surface area contributed by atoms with E-state index in [0.29, 0.717) is 13.2 Å². The topological polar surface area (TPSA) is 44.1 Å². The molecule has 0 spiro atoms. The molecule has 13 heavy (non-hydrogen) atoms. The van der Waals surface area contributed by atoms with Crippen LogP contribution in [0.15, 0.2) is 23.3 Å². The molecule has 1 aromatic heterocycles. The second-order valence-corrected chi connectivity index (χ2v) is 2.71. The van der Waals surface area contributed by atoms with Crippen LogP contribution in [0.3, 0.4) is 0 Å². The molecule has 0 bridgehead atoms. The highest BCUT2D eigenvalue weighted by Crippen LogP contribution is 1.83. The van der Waals surface area contributed by atoms with Crippen LogP contribution in [0, 0.1) is 0 Å². The van der Waals surface area contributed by atoms with Crippen LogP contribution in [0.1, 0.15) is 13.3 Å². The molecule has 0 aliphatic carbocycles. The average Bonchev–Trinajstić information content (AvgIpc) is 2.15. The quantitative estimate of drug-likeness (QED) is 0.629. The van der Waals surface area contributed by atoms with Crippen LogP contribution in [0.5, 0.6) is 0 Å². The van der Waals surface area contributed by atoms with Gasteiger partial charge in [0, 0.05) is 19.0 Å². The molecule has 0 saturated heterocycles. The van der Waals surface area contributed by atoms with Gasteiger partial charge in [0.25, 0.3) is 0 Å². The molecule has 0 aromatic carbocycles. The summed E-state index contributed by atoms with van der Waals surface area (Å²) in [5, 5.41) is 0. The molecular weight excluding hydrogens is 168 g/mol. The third kappa shape index (κ3) is 3.38. The van der Waals surface area contributed by atoms with Crippen molar-refractivity contribution in [2.45, 2.75) is 19.9 Å². The molecule has 1 heterocycles. The second kappa shape index (κ2) is 5.48. The fourth-order valence-corrected chi connectivity index (χ4v) is 0.967. The minimum absolute atomic E-state index is 0.220. The Morgan fingerprint density at radius 1 is 1.54 bits per heavy atom. The van der Waals surface area contributed by atoms with E-state index in [-0.39, 0.29) is 5.69 Å². The van der Waals surface area contributed by atoms with E-state index in [0.717, 1.165) is 13.0 Å². The molecule has 4 heteroatoms. The van der Waals surface area contributed by atoms with Gasteiger partial charge in [-0.2, -0.15) is 0 Å². The highest BCUT2D eigenvalue weighted by atomic mass is 16.5. The summed E-state index contributed by atoms with van der Waals surface area (Å²) in [6.45, 7) is 3.94. The lowest BCUT2D eigenvalue weighted by Gasteiger charge is -2.04. The van der Waals surface area contributed by atoms with E-state index in [1.165, 1.54) is 10.8 Å². The standard InChI is InChI=1S/C9H14N2O2/c1-2-7-13-8-6-11-5-3-4-10-9(11)12/h3-5H,2,6-8H2,1H3. The number of hydrogen-bond acceptors (Lipinski definition) is 3. The van der Waals surface area contributed by atoms with E-state index in [4.69, 9.17) is 4.74 Å². The molecule has 72 valence electrons. The minimum atomic E-state index is -0.220. The van der Waals surface area contributed by atoms with E-state index in [2.05, 4.69) is 11.9 Å². The molecule has 0 fully saturated rings. The summed E-state index contributed by atoms with van der Waals surface area (Å²) in [7, 11) is 0. The number of aromatic nitrogens is 2. The Kier molecular flexibility index (Phi) is 4.18. The lowest BCUT2D eigenvalue weighted by molar-refractivity contribution is 0.126. The maximum atomic E-state index is 11.1. The van der Waals surface area contributed by atoms with Crippen LogP contribution in [-0.4, -0.2) is 22.8 Å². The summed E-state index contributed by atoms with van der Waals surface area (Å²) >= 11 is 0. The van der Waals surface area contributed by atoms with Crippen LogP contribution in [-0.2, 0) is 11.3 Å². The Labute approximate surface area is 77.2 Å². The normalized spacial score (nSPS) is 10.2. The van der Waals surface area contributed by atoms with Gasteiger partial charge in [0.2, 0.25) is 0 Å². The molecule has 4 nitrogen and oxygen atoms in total. The summed E-state index contributed by atoms with van der Waals surface area (Å²) in [6, 6.07) is 1.74. The highest BCUT2D eigenvalue weighted by molar-refractivity contribution is 4.80. The van der Waals surface area contributed by atoms with Gasteiger partial charge in [-0.25, -0.2) is 9.78 Å². The second-order valence-electron chi connectivity index (χ2n) is 2.71. The zero-order chi connectivity index (χ0) is 9.52.